The molecule has 0 radical (unpaired) electrons. The van der Waals surface area contributed by atoms with E-state index >= 15 is 0 Å². The van der Waals surface area contributed by atoms with Crippen LogP contribution in [0.15, 0.2) is 18.3 Å². The van der Waals surface area contributed by atoms with Gasteiger partial charge in [-0.2, -0.15) is 0 Å². The van der Waals surface area contributed by atoms with E-state index in [0.29, 0.717) is 12.2 Å². The third-order valence-electron chi connectivity index (χ3n) is 3.06. The molecule has 0 aliphatic rings. The molecule has 4 nitrogen and oxygen atoms in total. The summed E-state index contributed by atoms with van der Waals surface area (Å²) in [5.41, 5.74) is 6.52. The van der Waals surface area contributed by atoms with Gasteiger partial charge in [0.1, 0.15) is 5.82 Å². The van der Waals surface area contributed by atoms with Crippen LogP contribution in [0, 0.1) is 11.7 Å². The first kappa shape index (κ1) is 16.9. The second kappa shape index (κ2) is 8.18. The first-order chi connectivity index (χ1) is 9.43. The first-order valence-corrected chi connectivity index (χ1v) is 6.42. The number of rotatable bonds is 8. The van der Waals surface area contributed by atoms with Gasteiger partial charge >= 0.3 is 0 Å². The number of nitrogens with zero attached hydrogens (tertiary/aromatic N) is 2. The van der Waals surface area contributed by atoms with E-state index in [0.717, 1.165) is 6.20 Å². The zero-order valence-electron chi connectivity index (χ0n) is 11.3. The van der Waals surface area contributed by atoms with Crippen molar-refractivity contribution in [1.29, 1.82) is 0 Å². The zero-order chi connectivity index (χ0) is 15.1. The number of aliphatic hydroxyl groups is 1. The Balaban J connectivity index is 2.62. The van der Waals surface area contributed by atoms with Crippen molar-refractivity contribution in [2.24, 2.45) is 11.7 Å². The fourth-order valence-corrected chi connectivity index (χ4v) is 1.99. The summed E-state index contributed by atoms with van der Waals surface area (Å²) in [4.78, 5) is 5.35. The van der Waals surface area contributed by atoms with Gasteiger partial charge in [-0.15, -0.1) is 0 Å². The average Bonchev–Trinajstić information content (AvgIpc) is 2.38. The number of nitrogens with two attached hydrogens (primary N) is 1. The number of alkyl halides is 2. The lowest BCUT2D eigenvalue weighted by atomic mass is 9.98. The SMILES string of the molecule is CC(CN(CCO)CC(F)F)C(N)c1ccc(F)cn1. The van der Waals surface area contributed by atoms with Crippen LogP contribution >= 0.6 is 0 Å². The molecule has 7 heteroatoms. The molecule has 2 unspecified atom stereocenters. The second-order valence-electron chi connectivity index (χ2n) is 4.78. The smallest absolute Gasteiger partial charge is 0.251 e. The summed E-state index contributed by atoms with van der Waals surface area (Å²) in [5, 5.41) is 8.88. The van der Waals surface area contributed by atoms with Gasteiger partial charge in [0, 0.05) is 13.1 Å². The predicted octanol–water partition coefficient (Wildman–Crippen LogP) is 1.42. The molecule has 114 valence electrons. The standard InChI is InChI=1S/C13H20F3N3O/c1-9(7-19(4-5-20)8-12(15)16)13(17)11-3-2-10(14)6-18-11/h2-3,6,9,12-13,20H,4-5,7-8,17H2,1H3. The van der Waals surface area contributed by atoms with Crippen LogP contribution in [0.1, 0.15) is 18.7 Å². The lowest BCUT2D eigenvalue weighted by Gasteiger charge is -2.27. The number of aliphatic hydroxyl groups excluding tert-OH is 1. The van der Waals surface area contributed by atoms with Crippen molar-refractivity contribution in [3.8, 4) is 0 Å². The van der Waals surface area contributed by atoms with Gasteiger partial charge in [0.05, 0.1) is 31.1 Å². The van der Waals surface area contributed by atoms with Crippen LogP contribution in [0.3, 0.4) is 0 Å². The quantitative estimate of drug-likeness (QED) is 0.760. The maximum absolute atomic E-state index is 12.8. The molecule has 2 atom stereocenters. The van der Waals surface area contributed by atoms with E-state index in [9.17, 15) is 13.2 Å². The highest BCUT2D eigenvalue weighted by atomic mass is 19.3. The van der Waals surface area contributed by atoms with E-state index in [1.807, 2.05) is 6.92 Å². The van der Waals surface area contributed by atoms with Gasteiger partial charge < -0.3 is 10.8 Å². The molecule has 0 bridgehead atoms. The summed E-state index contributed by atoms with van der Waals surface area (Å²) >= 11 is 0. The molecule has 1 rings (SSSR count). The van der Waals surface area contributed by atoms with Gasteiger partial charge in [0.2, 0.25) is 0 Å². The van der Waals surface area contributed by atoms with Crippen molar-refractivity contribution in [3.63, 3.8) is 0 Å². The van der Waals surface area contributed by atoms with Crippen molar-refractivity contribution in [1.82, 2.24) is 9.88 Å². The molecule has 0 aliphatic carbocycles. The average molecular weight is 291 g/mol. The van der Waals surface area contributed by atoms with Crippen LogP contribution < -0.4 is 5.73 Å². The fourth-order valence-electron chi connectivity index (χ4n) is 1.99. The highest BCUT2D eigenvalue weighted by molar-refractivity contribution is 5.10. The molecule has 20 heavy (non-hydrogen) atoms. The van der Waals surface area contributed by atoms with Gasteiger partial charge in [0.15, 0.2) is 0 Å². The lowest BCUT2D eigenvalue weighted by Crippen LogP contribution is -2.38. The van der Waals surface area contributed by atoms with Gasteiger partial charge in [-0.1, -0.05) is 6.92 Å². The summed E-state index contributed by atoms with van der Waals surface area (Å²) in [6, 6.07) is 2.27. The van der Waals surface area contributed by atoms with Crippen LogP contribution in [0.25, 0.3) is 0 Å². The van der Waals surface area contributed by atoms with E-state index in [1.165, 1.54) is 17.0 Å². The van der Waals surface area contributed by atoms with E-state index < -0.39 is 24.8 Å². The minimum atomic E-state index is -2.46. The Morgan fingerprint density at radius 3 is 2.55 bits per heavy atom. The van der Waals surface area contributed by atoms with Gasteiger partial charge in [-0.3, -0.25) is 9.88 Å². The molecular formula is C13H20F3N3O. The molecule has 1 aromatic rings. The molecule has 0 amide bonds. The minimum absolute atomic E-state index is 0.154. The third-order valence-corrected chi connectivity index (χ3v) is 3.06. The predicted molar refractivity (Wildman–Crippen MR) is 69.8 cm³/mol. The Morgan fingerprint density at radius 1 is 1.35 bits per heavy atom. The maximum atomic E-state index is 12.8. The van der Waals surface area contributed by atoms with Crippen LogP contribution in [0.4, 0.5) is 13.2 Å². The number of hydrogen-bond acceptors (Lipinski definition) is 4. The van der Waals surface area contributed by atoms with E-state index in [1.54, 1.807) is 0 Å². The Kier molecular flexibility index (Phi) is 6.90. The van der Waals surface area contributed by atoms with Crippen LogP contribution in [0.5, 0.6) is 0 Å². The van der Waals surface area contributed by atoms with Crippen molar-refractivity contribution in [3.05, 3.63) is 29.8 Å². The van der Waals surface area contributed by atoms with Crippen LogP contribution in [-0.4, -0.2) is 47.7 Å². The zero-order valence-corrected chi connectivity index (χ0v) is 11.3. The van der Waals surface area contributed by atoms with Crippen LogP contribution in [-0.2, 0) is 0 Å². The van der Waals surface area contributed by atoms with E-state index in [2.05, 4.69) is 4.98 Å². The van der Waals surface area contributed by atoms with Gasteiger partial charge in [-0.25, -0.2) is 13.2 Å². The minimum Gasteiger partial charge on any atom is -0.395 e. The number of hydrogen-bond donors (Lipinski definition) is 2. The van der Waals surface area contributed by atoms with Crippen molar-refractivity contribution >= 4 is 0 Å². The fraction of sp³-hybridized carbons (Fsp3) is 0.615. The number of pyridine rings is 1. The Hall–Kier alpha value is -1.18. The Bertz CT molecular complexity index is 389. The largest absolute Gasteiger partial charge is 0.395 e. The third kappa shape index (κ3) is 5.44. The normalized spacial score (nSPS) is 14.8. The number of halogens is 3. The summed E-state index contributed by atoms with van der Waals surface area (Å²) in [6.45, 7) is 1.69. The Labute approximate surface area is 116 Å². The molecule has 3 N–H and O–H groups in total. The monoisotopic (exact) mass is 291 g/mol. The molecule has 1 aromatic heterocycles. The molecular weight excluding hydrogens is 271 g/mol. The van der Waals surface area contributed by atoms with Crippen molar-refractivity contribution < 1.29 is 18.3 Å². The molecule has 0 aromatic carbocycles. The summed E-state index contributed by atoms with van der Waals surface area (Å²) in [6.07, 6.45) is -1.39. The molecule has 0 spiro atoms. The van der Waals surface area contributed by atoms with E-state index in [-0.39, 0.29) is 19.1 Å². The number of aromatic nitrogens is 1. The highest BCUT2D eigenvalue weighted by Gasteiger charge is 2.21. The molecule has 0 aliphatic heterocycles. The molecule has 1 heterocycles. The van der Waals surface area contributed by atoms with Gasteiger partial charge in [0.25, 0.3) is 6.43 Å². The Morgan fingerprint density at radius 2 is 2.05 bits per heavy atom. The highest BCUT2D eigenvalue weighted by Crippen LogP contribution is 2.19. The summed E-state index contributed by atoms with van der Waals surface area (Å²) < 4.78 is 37.6. The topological polar surface area (TPSA) is 62.4 Å². The first-order valence-electron chi connectivity index (χ1n) is 6.42. The van der Waals surface area contributed by atoms with Crippen molar-refractivity contribution in [2.75, 3.05) is 26.2 Å². The maximum Gasteiger partial charge on any atom is 0.251 e. The van der Waals surface area contributed by atoms with Crippen molar-refractivity contribution in [2.45, 2.75) is 19.4 Å². The molecule has 0 saturated heterocycles. The second-order valence-corrected chi connectivity index (χ2v) is 4.78. The molecule has 0 saturated carbocycles. The summed E-state index contributed by atoms with van der Waals surface area (Å²) in [7, 11) is 0. The van der Waals surface area contributed by atoms with Gasteiger partial charge in [-0.05, 0) is 18.1 Å². The van der Waals surface area contributed by atoms with E-state index in [4.69, 9.17) is 10.8 Å². The summed E-state index contributed by atoms with van der Waals surface area (Å²) in [5.74, 6) is -0.605. The molecule has 0 fully saturated rings. The van der Waals surface area contributed by atoms with Crippen LogP contribution in [0.2, 0.25) is 0 Å². The lowest BCUT2D eigenvalue weighted by molar-refractivity contribution is 0.0688.